The SMILES string of the molecule is COc1ccc2cc(CN(C)c3cc(C)nc4ncnn34)ccc2c1. The molecule has 0 aliphatic carbocycles. The van der Waals surface area contributed by atoms with E-state index in [1.165, 1.54) is 22.7 Å². The summed E-state index contributed by atoms with van der Waals surface area (Å²) in [6, 6.07) is 14.6. The first-order chi connectivity index (χ1) is 12.1. The zero-order valence-electron chi connectivity index (χ0n) is 14.5. The zero-order chi connectivity index (χ0) is 17.4. The van der Waals surface area contributed by atoms with Gasteiger partial charge in [0.25, 0.3) is 5.78 Å². The van der Waals surface area contributed by atoms with Gasteiger partial charge in [-0.1, -0.05) is 18.2 Å². The first-order valence-electron chi connectivity index (χ1n) is 8.09. The highest BCUT2D eigenvalue weighted by molar-refractivity contribution is 5.84. The third-order valence-electron chi connectivity index (χ3n) is 4.28. The Hall–Kier alpha value is -3.15. The van der Waals surface area contributed by atoms with Crippen molar-refractivity contribution in [2.75, 3.05) is 19.1 Å². The molecular formula is C19H19N5O. The van der Waals surface area contributed by atoms with Crippen LogP contribution in [-0.2, 0) is 6.54 Å². The molecule has 0 N–H and O–H groups in total. The highest BCUT2D eigenvalue weighted by atomic mass is 16.5. The normalized spacial score (nSPS) is 11.2. The second-order valence-electron chi connectivity index (χ2n) is 6.13. The summed E-state index contributed by atoms with van der Waals surface area (Å²) < 4.78 is 7.05. The number of ether oxygens (including phenoxy) is 1. The number of rotatable bonds is 4. The van der Waals surface area contributed by atoms with Gasteiger partial charge in [0.2, 0.25) is 0 Å². The molecule has 6 heteroatoms. The van der Waals surface area contributed by atoms with Gasteiger partial charge in [0.1, 0.15) is 17.9 Å². The van der Waals surface area contributed by atoms with Gasteiger partial charge in [0.05, 0.1) is 7.11 Å². The van der Waals surface area contributed by atoms with E-state index in [9.17, 15) is 0 Å². The average Bonchev–Trinajstić information content (AvgIpc) is 3.08. The van der Waals surface area contributed by atoms with E-state index in [2.05, 4.69) is 44.2 Å². The predicted molar refractivity (Wildman–Crippen MR) is 98.1 cm³/mol. The van der Waals surface area contributed by atoms with Gasteiger partial charge < -0.3 is 9.64 Å². The molecule has 6 nitrogen and oxygen atoms in total. The lowest BCUT2D eigenvalue weighted by Crippen LogP contribution is -2.20. The lowest BCUT2D eigenvalue weighted by molar-refractivity contribution is 0.415. The summed E-state index contributed by atoms with van der Waals surface area (Å²) in [7, 11) is 3.74. The molecule has 0 radical (unpaired) electrons. The molecule has 0 unspecified atom stereocenters. The number of aryl methyl sites for hydroxylation is 1. The third-order valence-corrected chi connectivity index (χ3v) is 4.28. The molecule has 4 aromatic rings. The minimum atomic E-state index is 0.618. The summed E-state index contributed by atoms with van der Waals surface area (Å²) in [5, 5.41) is 6.65. The Bertz CT molecular complexity index is 1060. The standard InChI is InChI=1S/C19H19N5O/c1-13-8-18(24-19(22-13)20-12-21-24)23(2)11-14-4-5-16-10-17(25-3)7-6-15(16)9-14/h4-10,12H,11H2,1-3H3. The van der Waals surface area contributed by atoms with Crippen LogP contribution in [0, 0.1) is 6.92 Å². The maximum atomic E-state index is 5.29. The van der Waals surface area contributed by atoms with Gasteiger partial charge in [-0.15, -0.1) is 0 Å². The predicted octanol–water partition coefficient (Wildman–Crippen LogP) is 3.23. The molecule has 0 saturated carbocycles. The van der Waals surface area contributed by atoms with E-state index in [0.717, 1.165) is 23.8 Å². The molecule has 0 atom stereocenters. The van der Waals surface area contributed by atoms with Crippen LogP contribution in [0.25, 0.3) is 16.6 Å². The Kier molecular flexibility index (Phi) is 3.72. The molecule has 0 saturated heterocycles. The quantitative estimate of drug-likeness (QED) is 0.574. The average molecular weight is 333 g/mol. The van der Waals surface area contributed by atoms with Crippen LogP contribution in [0.4, 0.5) is 5.82 Å². The number of hydrogen-bond acceptors (Lipinski definition) is 5. The van der Waals surface area contributed by atoms with Gasteiger partial charge in [0.15, 0.2) is 0 Å². The molecule has 0 aliphatic rings. The van der Waals surface area contributed by atoms with Gasteiger partial charge in [-0.25, -0.2) is 4.98 Å². The van der Waals surface area contributed by atoms with Gasteiger partial charge in [-0.05, 0) is 41.5 Å². The fourth-order valence-corrected chi connectivity index (χ4v) is 3.04. The van der Waals surface area contributed by atoms with E-state index in [0.29, 0.717) is 5.78 Å². The minimum Gasteiger partial charge on any atom is -0.497 e. The van der Waals surface area contributed by atoms with Gasteiger partial charge in [-0.3, -0.25) is 0 Å². The second kappa shape index (κ2) is 6.05. The Morgan fingerprint density at radius 1 is 1.08 bits per heavy atom. The van der Waals surface area contributed by atoms with Crippen LogP contribution in [0.1, 0.15) is 11.3 Å². The highest BCUT2D eigenvalue weighted by Crippen LogP contribution is 2.23. The number of aromatic nitrogens is 4. The molecule has 2 aromatic heterocycles. The number of fused-ring (bicyclic) bond motifs is 2. The van der Waals surface area contributed by atoms with Gasteiger partial charge in [-0.2, -0.15) is 14.6 Å². The van der Waals surface area contributed by atoms with Crippen molar-refractivity contribution in [3.63, 3.8) is 0 Å². The fourth-order valence-electron chi connectivity index (χ4n) is 3.04. The van der Waals surface area contributed by atoms with E-state index >= 15 is 0 Å². The van der Waals surface area contributed by atoms with Crippen LogP contribution in [0.15, 0.2) is 48.8 Å². The van der Waals surface area contributed by atoms with Crippen molar-refractivity contribution in [1.82, 2.24) is 19.6 Å². The third kappa shape index (κ3) is 2.87. The summed E-state index contributed by atoms with van der Waals surface area (Å²) in [6.07, 6.45) is 1.53. The van der Waals surface area contributed by atoms with E-state index in [4.69, 9.17) is 4.74 Å². The Balaban J connectivity index is 1.66. The minimum absolute atomic E-state index is 0.618. The van der Waals surface area contributed by atoms with Crippen molar-refractivity contribution in [3.8, 4) is 5.75 Å². The van der Waals surface area contributed by atoms with Crippen LogP contribution >= 0.6 is 0 Å². The number of anilines is 1. The highest BCUT2D eigenvalue weighted by Gasteiger charge is 2.11. The molecule has 4 rings (SSSR count). The lowest BCUT2D eigenvalue weighted by Gasteiger charge is -2.20. The number of benzene rings is 2. The van der Waals surface area contributed by atoms with Crippen molar-refractivity contribution < 1.29 is 4.74 Å². The molecule has 2 aromatic carbocycles. The molecule has 25 heavy (non-hydrogen) atoms. The Labute approximate surface area is 145 Å². The largest absolute Gasteiger partial charge is 0.497 e. The van der Waals surface area contributed by atoms with Crippen LogP contribution in [0.3, 0.4) is 0 Å². The summed E-state index contributed by atoms with van der Waals surface area (Å²) in [5.74, 6) is 2.46. The molecule has 0 aliphatic heterocycles. The monoisotopic (exact) mass is 333 g/mol. The van der Waals surface area contributed by atoms with Crippen molar-refractivity contribution >= 4 is 22.4 Å². The van der Waals surface area contributed by atoms with Crippen LogP contribution in [0.5, 0.6) is 5.75 Å². The van der Waals surface area contributed by atoms with Crippen molar-refractivity contribution in [1.29, 1.82) is 0 Å². The van der Waals surface area contributed by atoms with Crippen molar-refractivity contribution in [2.45, 2.75) is 13.5 Å². The first kappa shape index (κ1) is 15.4. The molecule has 0 amide bonds. The van der Waals surface area contributed by atoms with Gasteiger partial charge >= 0.3 is 0 Å². The maximum Gasteiger partial charge on any atom is 0.254 e. The summed E-state index contributed by atoms with van der Waals surface area (Å²) in [4.78, 5) is 10.7. The van der Waals surface area contributed by atoms with Crippen molar-refractivity contribution in [2.24, 2.45) is 0 Å². The molecule has 0 spiro atoms. The van der Waals surface area contributed by atoms with E-state index in [1.807, 2.05) is 32.2 Å². The van der Waals surface area contributed by atoms with Crippen LogP contribution < -0.4 is 9.64 Å². The zero-order valence-corrected chi connectivity index (χ0v) is 14.5. The molecule has 126 valence electrons. The molecule has 0 bridgehead atoms. The van der Waals surface area contributed by atoms with Crippen LogP contribution in [0.2, 0.25) is 0 Å². The topological polar surface area (TPSA) is 55.5 Å². The first-order valence-corrected chi connectivity index (χ1v) is 8.09. The van der Waals surface area contributed by atoms with Gasteiger partial charge in [0, 0.05) is 25.4 Å². The second-order valence-corrected chi connectivity index (χ2v) is 6.13. The smallest absolute Gasteiger partial charge is 0.254 e. The number of methoxy groups -OCH3 is 1. The Morgan fingerprint density at radius 2 is 1.88 bits per heavy atom. The van der Waals surface area contributed by atoms with E-state index < -0.39 is 0 Å². The number of nitrogens with zero attached hydrogens (tertiary/aromatic N) is 5. The summed E-state index contributed by atoms with van der Waals surface area (Å²) >= 11 is 0. The summed E-state index contributed by atoms with van der Waals surface area (Å²) in [6.45, 7) is 2.73. The fraction of sp³-hybridized carbons (Fsp3) is 0.211. The van der Waals surface area contributed by atoms with Crippen LogP contribution in [-0.4, -0.2) is 33.7 Å². The summed E-state index contributed by atoms with van der Waals surface area (Å²) in [5.41, 5.74) is 2.15. The number of hydrogen-bond donors (Lipinski definition) is 0. The molecular weight excluding hydrogens is 314 g/mol. The maximum absolute atomic E-state index is 5.29. The molecule has 2 heterocycles. The molecule has 0 fully saturated rings. The van der Waals surface area contributed by atoms with E-state index in [-0.39, 0.29) is 0 Å². The van der Waals surface area contributed by atoms with E-state index in [1.54, 1.807) is 11.6 Å². The Morgan fingerprint density at radius 3 is 2.72 bits per heavy atom. The lowest BCUT2D eigenvalue weighted by atomic mass is 10.1. The van der Waals surface area contributed by atoms with Crippen molar-refractivity contribution in [3.05, 3.63) is 60.0 Å².